The molecule has 1 unspecified atom stereocenters. The van der Waals surface area contributed by atoms with Crippen LogP contribution < -0.4 is 10.6 Å². The summed E-state index contributed by atoms with van der Waals surface area (Å²) in [5.74, 6) is 1.13. The highest BCUT2D eigenvalue weighted by Gasteiger charge is 2.22. The van der Waals surface area contributed by atoms with Gasteiger partial charge < -0.3 is 10.6 Å². The van der Waals surface area contributed by atoms with Crippen LogP contribution in [0.1, 0.15) is 26.2 Å². The van der Waals surface area contributed by atoms with Crippen molar-refractivity contribution >= 4 is 29.1 Å². The van der Waals surface area contributed by atoms with Gasteiger partial charge in [-0.25, -0.2) is 0 Å². The molecule has 2 nitrogen and oxygen atoms in total. The van der Waals surface area contributed by atoms with Gasteiger partial charge in [-0.2, -0.15) is 11.8 Å². The third-order valence-electron chi connectivity index (χ3n) is 2.11. The molecule has 1 saturated carbocycles. The van der Waals surface area contributed by atoms with E-state index in [1.165, 1.54) is 12.8 Å². The molecule has 76 valence electrons. The maximum Gasteiger partial charge on any atom is 0.166 e. The molecule has 0 amide bonds. The highest BCUT2D eigenvalue weighted by Crippen LogP contribution is 2.18. The van der Waals surface area contributed by atoms with E-state index in [2.05, 4.69) is 23.8 Å². The van der Waals surface area contributed by atoms with Crippen molar-refractivity contribution in [3.63, 3.8) is 0 Å². The number of nitrogens with one attached hydrogen (secondary N) is 2. The second-order valence-corrected chi connectivity index (χ2v) is 4.77. The smallest absolute Gasteiger partial charge is 0.166 e. The Morgan fingerprint density at radius 1 is 1.62 bits per heavy atom. The Labute approximate surface area is 90.2 Å². The topological polar surface area (TPSA) is 24.1 Å². The van der Waals surface area contributed by atoms with E-state index in [4.69, 9.17) is 12.2 Å². The highest BCUT2D eigenvalue weighted by atomic mass is 32.2. The Kier molecular flexibility index (Phi) is 4.88. The van der Waals surface area contributed by atoms with Gasteiger partial charge in [-0.15, -0.1) is 0 Å². The number of thiocarbonyl (C=S) groups is 1. The fourth-order valence-electron chi connectivity index (χ4n) is 1.10. The van der Waals surface area contributed by atoms with E-state index >= 15 is 0 Å². The number of rotatable bonds is 5. The van der Waals surface area contributed by atoms with Gasteiger partial charge in [0.25, 0.3) is 0 Å². The predicted molar refractivity (Wildman–Crippen MR) is 64.4 cm³/mol. The Balaban J connectivity index is 2.14. The maximum absolute atomic E-state index is 5.20. The molecule has 1 aliphatic rings. The molecule has 0 radical (unpaired) electrons. The molecule has 0 bridgehead atoms. The van der Waals surface area contributed by atoms with Crippen LogP contribution in [0.5, 0.6) is 0 Å². The van der Waals surface area contributed by atoms with Gasteiger partial charge in [0.1, 0.15) is 0 Å². The minimum atomic E-state index is 0.522. The first-order valence-corrected chi connectivity index (χ1v) is 6.62. The molecule has 0 spiro atoms. The van der Waals surface area contributed by atoms with Gasteiger partial charge in [0.05, 0.1) is 0 Å². The number of hydrogen-bond donors (Lipinski definition) is 2. The number of hydrogen-bond acceptors (Lipinski definition) is 2. The van der Waals surface area contributed by atoms with Crippen molar-refractivity contribution in [2.24, 2.45) is 0 Å². The molecule has 1 aliphatic carbocycles. The summed E-state index contributed by atoms with van der Waals surface area (Å²) < 4.78 is 0. The minimum Gasteiger partial charge on any atom is -0.360 e. The fourth-order valence-corrected chi connectivity index (χ4v) is 2.16. The van der Waals surface area contributed by atoms with E-state index < -0.39 is 0 Å². The summed E-state index contributed by atoms with van der Waals surface area (Å²) in [6, 6.07) is 1.18. The van der Waals surface area contributed by atoms with Crippen molar-refractivity contribution in [3.8, 4) is 0 Å². The van der Waals surface area contributed by atoms with E-state index in [9.17, 15) is 0 Å². The SMILES string of the molecule is CCC(CSC)NC(=S)NC1CC1. The van der Waals surface area contributed by atoms with Crippen molar-refractivity contribution in [1.82, 2.24) is 10.6 Å². The third-order valence-corrected chi connectivity index (χ3v) is 3.08. The lowest BCUT2D eigenvalue weighted by Crippen LogP contribution is -2.43. The maximum atomic E-state index is 5.20. The lowest BCUT2D eigenvalue weighted by molar-refractivity contribution is 0.640. The Morgan fingerprint density at radius 3 is 2.77 bits per heavy atom. The van der Waals surface area contributed by atoms with Crippen molar-refractivity contribution in [3.05, 3.63) is 0 Å². The predicted octanol–water partition coefficient (Wildman–Crippen LogP) is 1.75. The molecule has 1 rings (SSSR count). The summed E-state index contributed by atoms with van der Waals surface area (Å²) in [6.07, 6.45) is 5.82. The molecule has 0 heterocycles. The summed E-state index contributed by atoms with van der Waals surface area (Å²) in [7, 11) is 0. The van der Waals surface area contributed by atoms with Crippen LogP contribution in [0.4, 0.5) is 0 Å². The first kappa shape index (κ1) is 11.1. The highest BCUT2D eigenvalue weighted by molar-refractivity contribution is 7.98. The zero-order chi connectivity index (χ0) is 9.68. The normalized spacial score (nSPS) is 18.0. The van der Waals surface area contributed by atoms with Crippen molar-refractivity contribution in [2.75, 3.05) is 12.0 Å². The average Bonchev–Trinajstić information content (AvgIpc) is 2.87. The summed E-state index contributed by atoms with van der Waals surface area (Å²) in [5, 5.41) is 7.46. The molecule has 13 heavy (non-hydrogen) atoms. The largest absolute Gasteiger partial charge is 0.360 e. The van der Waals surface area contributed by atoms with Gasteiger partial charge in [0.15, 0.2) is 5.11 Å². The molecule has 1 fully saturated rings. The van der Waals surface area contributed by atoms with Crippen molar-refractivity contribution < 1.29 is 0 Å². The minimum absolute atomic E-state index is 0.522. The van der Waals surface area contributed by atoms with Crippen molar-refractivity contribution in [2.45, 2.75) is 38.3 Å². The lowest BCUT2D eigenvalue weighted by atomic mass is 10.3. The summed E-state index contributed by atoms with van der Waals surface area (Å²) in [6.45, 7) is 2.19. The first-order valence-electron chi connectivity index (χ1n) is 4.82. The third kappa shape index (κ3) is 4.72. The second-order valence-electron chi connectivity index (χ2n) is 3.45. The van der Waals surface area contributed by atoms with Gasteiger partial charge >= 0.3 is 0 Å². The standard InChI is InChI=1S/C9H18N2S2/c1-3-7(6-13-2)10-9(12)11-8-4-5-8/h7-8H,3-6H2,1-2H3,(H2,10,11,12). The van der Waals surface area contributed by atoms with E-state index in [1.54, 1.807) is 0 Å². The zero-order valence-corrected chi connectivity index (χ0v) is 9.93. The number of thioether (sulfide) groups is 1. The summed E-state index contributed by atoms with van der Waals surface area (Å²) in [4.78, 5) is 0. The molecule has 0 aromatic heterocycles. The second kappa shape index (κ2) is 5.70. The van der Waals surface area contributed by atoms with Crippen LogP contribution >= 0.6 is 24.0 Å². The molecular formula is C9H18N2S2. The molecule has 1 atom stereocenters. The van der Waals surface area contributed by atoms with E-state index in [0.29, 0.717) is 12.1 Å². The van der Waals surface area contributed by atoms with Crippen LogP contribution in [0.15, 0.2) is 0 Å². The molecule has 2 N–H and O–H groups in total. The van der Waals surface area contributed by atoms with Gasteiger partial charge in [0, 0.05) is 17.8 Å². The lowest BCUT2D eigenvalue weighted by Gasteiger charge is -2.18. The van der Waals surface area contributed by atoms with Gasteiger partial charge in [-0.3, -0.25) is 0 Å². The van der Waals surface area contributed by atoms with Crippen LogP contribution in [-0.4, -0.2) is 29.2 Å². The molecule has 0 aliphatic heterocycles. The molecule has 4 heteroatoms. The first-order chi connectivity index (χ1) is 6.26. The van der Waals surface area contributed by atoms with Crippen LogP contribution in [0, 0.1) is 0 Å². The summed E-state index contributed by atoms with van der Waals surface area (Å²) in [5.41, 5.74) is 0. The van der Waals surface area contributed by atoms with Crippen LogP contribution in [-0.2, 0) is 0 Å². The molecule has 0 aromatic rings. The van der Waals surface area contributed by atoms with Crippen LogP contribution in [0.25, 0.3) is 0 Å². The van der Waals surface area contributed by atoms with E-state index in [1.807, 2.05) is 11.8 Å². The zero-order valence-electron chi connectivity index (χ0n) is 8.30. The van der Waals surface area contributed by atoms with Crippen LogP contribution in [0.3, 0.4) is 0 Å². The Hall–Kier alpha value is 0.0400. The van der Waals surface area contributed by atoms with E-state index in [0.717, 1.165) is 17.3 Å². The Bertz CT molecular complexity index is 169. The van der Waals surface area contributed by atoms with Gasteiger partial charge in [-0.05, 0) is 37.7 Å². The summed E-state index contributed by atoms with van der Waals surface area (Å²) >= 11 is 7.06. The monoisotopic (exact) mass is 218 g/mol. The quantitative estimate of drug-likeness (QED) is 0.687. The molecule has 0 saturated heterocycles. The van der Waals surface area contributed by atoms with Crippen LogP contribution in [0.2, 0.25) is 0 Å². The molecular weight excluding hydrogens is 200 g/mol. The van der Waals surface area contributed by atoms with Gasteiger partial charge in [0.2, 0.25) is 0 Å². The Morgan fingerprint density at radius 2 is 2.31 bits per heavy atom. The van der Waals surface area contributed by atoms with E-state index in [-0.39, 0.29) is 0 Å². The molecule has 0 aromatic carbocycles. The average molecular weight is 218 g/mol. The van der Waals surface area contributed by atoms with Gasteiger partial charge in [-0.1, -0.05) is 6.92 Å². The fraction of sp³-hybridized carbons (Fsp3) is 0.889. The van der Waals surface area contributed by atoms with Crippen molar-refractivity contribution in [1.29, 1.82) is 0 Å².